The first-order valence-corrected chi connectivity index (χ1v) is 7.91. The van der Waals surface area contributed by atoms with Gasteiger partial charge in [-0.3, -0.25) is 4.90 Å². The summed E-state index contributed by atoms with van der Waals surface area (Å²) in [5.41, 5.74) is 0.950. The van der Waals surface area contributed by atoms with E-state index in [1.54, 1.807) is 0 Å². The van der Waals surface area contributed by atoms with Gasteiger partial charge in [-0.1, -0.05) is 32.4 Å². The van der Waals surface area contributed by atoms with Gasteiger partial charge in [0.05, 0.1) is 10.7 Å². The van der Waals surface area contributed by atoms with Gasteiger partial charge < -0.3 is 5.32 Å². The van der Waals surface area contributed by atoms with Gasteiger partial charge in [-0.15, -0.1) is 0 Å². The highest BCUT2D eigenvalue weighted by Crippen LogP contribution is 2.20. The fourth-order valence-corrected chi connectivity index (χ4v) is 2.37. The summed E-state index contributed by atoms with van der Waals surface area (Å²) in [7, 11) is 2.14. The number of pyridine rings is 1. The standard InChI is InChI=1S/C16H28ClN3/c1-6-9-18-16-8-7-14(17)15(19-16)11-20(5)13(4)10-12(2)3/h7-8,12-13H,6,9-11H2,1-5H3,(H,18,19). The summed E-state index contributed by atoms with van der Waals surface area (Å²) in [4.78, 5) is 6.94. The summed E-state index contributed by atoms with van der Waals surface area (Å²) < 4.78 is 0. The predicted molar refractivity (Wildman–Crippen MR) is 88.4 cm³/mol. The van der Waals surface area contributed by atoms with Crippen LogP contribution in [0.3, 0.4) is 0 Å². The van der Waals surface area contributed by atoms with Crippen molar-refractivity contribution in [2.45, 2.75) is 53.1 Å². The van der Waals surface area contributed by atoms with Gasteiger partial charge in [0.2, 0.25) is 0 Å². The molecule has 0 aliphatic carbocycles. The molecule has 0 aliphatic heterocycles. The number of anilines is 1. The van der Waals surface area contributed by atoms with Gasteiger partial charge in [-0.2, -0.15) is 0 Å². The number of rotatable bonds is 8. The first-order chi connectivity index (χ1) is 9.43. The molecule has 1 unspecified atom stereocenters. The molecule has 3 nitrogen and oxygen atoms in total. The Bertz CT molecular complexity index is 407. The molecule has 1 atom stereocenters. The Hall–Kier alpha value is -0.800. The molecule has 1 aromatic rings. The Morgan fingerprint density at radius 1 is 1.30 bits per heavy atom. The second kappa shape index (κ2) is 8.48. The number of aromatic nitrogens is 1. The molecule has 20 heavy (non-hydrogen) atoms. The van der Waals surface area contributed by atoms with Crippen LogP contribution >= 0.6 is 11.6 Å². The zero-order chi connectivity index (χ0) is 15.1. The van der Waals surface area contributed by atoms with Crippen LogP contribution in [0.15, 0.2) is 12.1 Å². The highest BCUT2D eigenvalue weighted by atomic mass is 35.5. The number of hydrogen-bond acceptors (Lipinski definition) is 3. The summed E-state index contributed by atoms with van der Waals surface area (Å²) in [6, 6.07) is 4.40. The number of halogens is 1. The van der Waals surface area contributed by atoms with E-state index in [9.17, 15) is 0 Å². The molecule has 0 spiro atoms. The smallest absolute Gasteiger partial charge is 0.126 e. The quantitative estimate of drug-likeness (QED) is 0.770. The second-order valence-corrected chi connectivity index (χ2v) is 6.35. The molecular formula is C16H28ClN3. The zero-order valence-corrected chi connectivity index (χ0v) is 14.2. The fraction of sp³-hybridized carbons (Fsp3) is 0.688. The molecule has 4 heteroatoms. The number of nitrogens with one attached hydrogen (secondary N) is 1. The van der Waals surface area contributed by atoms with Crippen molar-refractivity contribution in [2.24, 2.45) is 5.92 Å². The third-order valence-corrected chi connectivity index (χ3v) is 3.78. The molecule has 114 valence electrons. The van der Waals surface area contributed by atoms with Crippen molar-refractivity contribution in [3.8, 4) is 0 Å². The lowest BCUT2D eigenvalue weighted by Gasteiger charge is -2.26. The molecule has 1 N–H and O–H groups in total. The maximum absolute atomic E-state index is 6.27. The average molecular weight is 298 g/mol. The SMILES string of the molecule is CCCNc1ccc(Cl)c(CN(C)C(C)CC(C)C)n1. The maximum Gasteiger partial charge on any atom is 0.126 e. The minimum Gasteiger partial charge on any atom is -0.370 e. The Balaban J connectivity index is 2.70. The fourth-order valence-electron chi connectivity index (χ4n) is 2.20. The van der Waals surface area contributed by atoms with Gasteiger partial charge in [-0.25, -0.2) is 4.98 Å². The zero-order valence-electron chi connectivity index (χ0n) is 13.4. The predicted octanol–water partition coefficient (Wildman–Crippen LogP) is 4.42. The van der Waals surface area contributed by atoms with Crippen molar-refractivity contribution in [3.63, 3.8) is 0 Å². The lowest BCUT2D eigenvalue weighted by Crippen LogP contribution is -2.30. The molecule has 1 rings (SSSR count). The number of hydrogen-bond donors (Lipinski definition) is 1. The van der Waals surface area contributed by atoms with Crippen LogP contribution in [0, 0.1) is 5.92 Å². The molecule has 0 fully saturated rings. The van der Waals surface area contributed by atoms with Crippen molar-refractivity contribution in [3.05, 3.63) is 22.8 Å². The highest BCUT2D eigenvalue weighted by Gasteiger charge is 2.14. The van der Waals surface area contributed by atoms with Crippen molar-refractivity contribution >= 4 is 17.4 Å². The molecule has 1 heterocycles. The Kier molecular flexibility index (Phi) is 7.31. The maximum atomic E-state index is 6.27. The van der Waals surface area contributed by atoms with Crippen LogP contribution in [0.5, 0.6) is 0 Å². The van der Waals surface area contributed by atoms with Gasteiger partial charge in [0, 0.05) is 19.1 Å². The van der Waals surface area contributed by atoms with Gasteiger partial charge >= 0.3 is 0 Å². The van der Waals surface area contributed by atoms with Crippen LogP contribution < -0.4 is 5.32 Å². The largest absolute Gasteiger partial charge is 0.370 e. The van der Waals surface area contributed by atoms with E-state index >= 15 is 0 Å². The second-order valence-electron chi connectivity index (χ2n) is 5.95. The van der Waals surface area contributed by atoms with Crippen LogP contribution in [0.4, 0.5) is 5.82 Å². The number of nitrogens with zero attached hydrogens (tertiary/aromatic N) is 2. The molecule has 0 aliphatic rings. The minimum absolute atomic E-state index is 0.528. The van der Waals surface area contributed by atoms with Gasteiger partial charge in [0.25, 0.3) is 0 Å². The molecule has 0 radical (unpaired) electrons. The third-order valence-electron chi connectivity index (χ3n) is 3.44. The van der Waals surface area contributed by atoms with Gasteiger partial charge in [-0.05, 0) is 44.9 Å². The summed E-state index contributed by atoms with van der Waals surface area (Å²) in [6.07, 6.45) is 2.27. The Labute approximate surface area is 128 Å². The molecule has 0 aromatic carbocycles. The average Bonchev–Trinajstić information content (AvgIpc) is 2.38. The van der Waals surface area contributed by atoms with Gasteiger partial charge in [0.1, 0.15) is 5.82 Å². The lowest BCUT2D eigenvalue weighted by atomic mass is 10.0. The van der Waals surface area contributed by atoms with Crippen LogP contribution in [-0.2, 0) is 6.54 Å². The summed E-state index contributed by atoms with van der Waals surface area (Å²) in [5, 5.41) is 4.05. The molecule has 1 aromatic heterocycles. The van der Waals surface area contributed by atoms with E-state index < -0.39 is 0 Å². The van der Waals surface area contributed by atoms with Gasteiger partial charge in [0.15, 0.2) is 0 Å². The molecule has 0 amide bonds. The molecule has 0 saturated heterocycles. The van der Waals surface area contributed by atoms with E-state index in [0.717, 1.165) is 36.0 Å². The van der Waals surface area contributed by atoms with Crippen molar-refractivity contribution in [1.82, 2.24) is 9.88 Å². The Morgan fingerprint density at radius 2 is 2.00 bits per heavy atom. The first-order valence-electron chi connectivity index (χ1n) is 7.53. The third kappa shape index (κ3) is 5.68. The van der Waals surface area contributed by atoms with E-state index in [4.69, 9.17) is 11.6 Å². The highest BCUT2D eigenvalue weighted by molar-refractivity contribution is 6.31. The van der Waals surface area contributed by atoms with Crippen LogP contribution in [-0.4, -0.2) is 29.5 Å². The van der Waals surface area contributed by atoms with Crippen LogP contribution in [0.25, 0.3) is 0 Å². The summed E-state index contributed by atoms with van der Waals surface area (Å²) in [5.74, 6) is 1.62. The van der Waals surface area contributed by atoms with Crippen molar-refractivity contribution in [1.29, 1.82) is 0 Å². The van der Waals surface area contributed by atoms with Crippen LogP contribution in [0.2, 0.25) is 5.02 Å². The van der Waals surface area contributed by atoms with E-state index in [1.165, 1.54) is 6.42 Å². The molecular weight excluding hydrogens is 270 g/mol. The van der Waals surface area contributed by atoms with Crippen molar-refractivity contribution in [2.75, 3.05) is 18.9 Å². The topological polar surface area (TPSA) is 28.2 Å². The van der Waals surface area contributed by atoms with E-state index in [1.807, 2.05) is 12.1 Å². The molecule has 0 bridgehead atoms. The van der Waals surface area contributed by atoms with Crippen LogP contribution in [0.1, 0.15) is 46.2 Å². The minimum atomic E-state index is 0.528. The van der Waals surface area contributed by atoms with Crippen molar-refractivity contribution < 1.29 is 0 Å². The van der Waals surface area contributed by atoms with E-state index in [2.05, 4.69) is 49.9 Å². The monoisotopic (exact) mass is 297 g/mol. The first kappa shape index (κ1) is 17.3. The van der Waals surface area contributed by atoms with E-state index in [0.29, 0.717) is 12.0 Å². The lowest BCUT2D eigenvalue weighted by molar-refractivity contribution is 0.218. The summed E-state index contributed by atoms with van der Waals surface area (Å²) >= 11 is 6.27. The normalized spacial score (nSPS) is 13.0. The summed E-state index contributed by atoms with van der Waals surface area (Å²) in [6.45, 7) is 10.6. The Morgan fingerprint density at radius 3 is 2.60 bits per heavy atom. The molecule has 0 saturated carbocycles. The van der Waals surface area contributed by atoms with E-state index in [-0.39, 0.29) is 0 Å².